The number of piperazine rings is 1. The van der Waals surface area contributed by atoms with E-state index < -0.39 is 0 Å². The van der Waals surface area contributed by atoms with Crippen molar-refractivity contribution in [1.82, 2.24) is 4.57 Å². The van der Waals surface area contributed by atoms with Crippen LogP contribution in [0.4, 0.5) is 0 Å². The summed E-state index contributed by atoms with van der Waals surface area (Å²) in [6, 6.07) is 14.9. The van der Waals surface area contributed by atoms with Crippen LogP contribution >= 0.6 is 15.9 Å². The molecule has 5 heteroatoms. The summed E-state index contributed by atoms with van der Waals surface area (Å²) in [5.74, 6) is 0. The number of fused-ring (bicyclic) bond motifs is 3. The minimum atomic E-state index is -0.319. The van der Waals surface area contributed by atoms with Crippen molar-refractivity contribution >= 4 is 37.7 Å². The monoisotopic (exact) mass is 389 g/mol. The number of benzene rings is 2. The molecule has 1 aliphatic rings. The number of aromatic nitrogens is 1. The number of aliphatic hydroxyl groups excluding tert-OH is 1. The Morgan fingerprint density at radius 1 is 1.08 bits per heavy atom. The Labute approximate surface area is 150 Å². The molecule has 1 atom stereocenters. The summed E-state index contributed by atoms with van der Waals surface area (Å²) in [4.78, 5) is 1.52. The van der Waals surface area contributed by atoms with E-state index >= 15 is 0 Å². The maximum Gasteiger partial charge on any atom is 0.127 e. The molecule has 1 saturated heterocycles. The second-order valence-corrected chi connectivity index (χ2v) is 7.68. The van der Waals surface area contributed by atoms with E-state index in [2.05, 4.69) is 68.3 Å². The Hall–Kier alpha value is -1.40. The van der Waals surface area contributed by atoms with Gasteiger partial charge in [0, 0.05) is 26.3 Å². The first-order valence-electron chi connectivity index (χ1n) is 8.72. The van der Waals surface area contributed by atoms with Gasteiger partial charge in [-0.25, -0.2) is 0 Å². The van der Waals surface area contributed by atoms with Crippen LogP contribution in [-0.4, -0.2) is 48.5 Å². The summed E-state index contributed by atoms with van der Waals surface area (Å²) < 4.78 is 3.37. The normalized spacial score (nSPS) is 17.6. The van der Waals surface area contributed by atoms with Gasteiger partial charge in [0.25, 0.3) is 0 Å². The van der Waals surface area contributed by atoms with Crippen molar-refractivity contribution < 1.29 is 15.3 Å². The second-order valence-electron chi connectivity index (χ2n) is 6.76. The molecule has 1 unspecified atom stereocenters. The first kappa shape index (κ1) is 16.1. The van der Waals surface area contributed by atoms with E-state index in [1.54, 1.807) is 0 Å². The van der Waals surface area contributed by atoms with Gasteiger partial charge >= 0.3 is 0 Å². The summed E-state index contributed by atoms with van der Waals surface area (Å²) in [6.07, 6.45) is -0.319. The molecule has 4 nitrogen and oxygen atoms in total. The molecule has 4 rings (SSSR count). The predicted octanol–water partition coefficient (Wildman–Crippen LogP) is 0.380. The Kier molecular flexibility index (Phi) is 4.59. The number of para-hydroxylation sites is 1. The lowest BCUT2D eigenvalue weighted by molar-refractivity contribution is -0.949. The molecule has 0 amide bonds. The molecular formula is C19H24BrN3O+2. The SMILES string of the molecule is OC(Cn1c2ccccc2c2cc(Br)ccc21)C[NH+]1CC[NH2+]CC1. The highest BCUT2D eigenvalue weighted by atomic mass is 79.9. The fourth-order valence-electron chi connectivity index (χ4n) is 3.92. The van der Waals surface area contributed by atoms with Crippen molar-refractivity contribution in [3.05, 3.63) is 46.9 Å². The number of halogens is 1. The van der Waals surface area contributed by atoms with Gasteiger partial charge in [0.05, 0.1) is 6.54 Å². The largest absolute Gasteiger partial charge is 0.385 e. The standard InChI is InChI=1S/C19H22BrN3O/c20-14-5-6-19-17(11-14)16-3-1-2-4-18(16)23(19)13-15(24)12-22-9-7-21-8-10-22/h1-6,11,15,21,24H,7-10,12-13H2/p+2. The number of rotatable bonds is 4. The Bertz CT molecular complexity index is 854. The van der Waals surface area contributed by atoms with Gasteiger partial charge in [-0.05, 0) is 24.3 Å². The molecule has 4 N–H and O–H groups in total. The molecule has 1 aromatic heterocycles. The molecule has 0 spiro atoms. The van der Waals surface area contributed by atoms with Gasteiger partial charge in [-0.2, -0.15) is 0 Å². The van der Waals surface area contributed by atoms with Gasteiger partial charge in [0.1, 0.15) is 38.8 Å². The molecule has 0 saturated carbocycles. The van der Waals surface area contributed by atoms with E-state index in [1.807, 2.05) is 0 Å². The van der Waals surface area contributed by atoms with Gasteiger partial charge in [0.2, 0.25) is 0 Å². The molecule has 0 bridgehead atoms. The Morgan fingerprint density at radius 2 is 1.83 bits per heavy atom. The Morgan fingerprint density at radius 3 is 2.67 bits per heavy atom. The van der Waals surface area contributed by atoms with E-state index in [-0.39, 0.29) is 6.10 Å². The number of aliphatic hydroxyl groups is 1. The van der Waals surface area contributed by atoms with Crippen molar-refractivity contribution in [2.75, 3.05) is 32.7 Å². The summed E-state index contributed by atoms with van der Waals surface area (Å²) >= 11 is 3.58. The number of hydrogen-bond donors (Lipinski definition) is 3. The number of nitrogens with two attached hydrogens (primary N) is 1. The third kappa shape index (κ3) is 3.09. The van der Waals surface area contributed by atoms with Crippen LogP contribution in [-0.2, 0) is 6.54 Å². The van der Waals surface area contributed by atoms with Crippen LogP contribution in [0.15, 0.2) is 46.9 Å². The van der Waals surface area contributed by atoms with E-state index in [4.69, 9.17) is 0 Å². The number of hydrogen-bond acceptors (Lipinski definition) is 1. The lowest BCUT2D eigenvalue weighted by Crippen LogP contribution is -3.21. The molecule has 1 fully saturated rings. The third-order valence-corrected chi connectivity index (χ3v) is 5.55. The molecule has 24 heavy (non-hydrogen) atoms. The van der Waals surface area contributed by atoms with Crippen LogP contribution in [0.25, 0.3) is 21.8 Å². The molecule has 0 radical (unpaired) electrons. The van der Waals surface area contributed by atoms with Crippen molar-refractivity contribution in [2.24, 2.45) is 0 Å². The fraction of sp³-hybridized carbons (Fsp3) is 0.368. The summed E-state index contributed by atoms with van der Waals surface area (Å²) in [5.41, 5.74) is 2.40. The predicted molar refractivity (Wildman–Crippen MR) is 100 cm³/mol. The molecule has 3 aromatic rings. The maximum atomic E-state index is 10.7. The van der Waals surface area contributed by atoms with Gasteiger partial charge in [-0.1, -0.05) is 34.1 Å². The minimum Gasteiger partial charge on any atom is -0.385 e. The molecule has 0 aliphatic carbocycles. The van der Waals surface area contributed by atoms with Gasteiger partial charge in [0.15, 0.2) is 0 Å². The van der Waals surface area contributed by atoms with Crippen LogP contribution in [0.2, 0.25) is 0 Å². The summed E-state index contributed by atoms with van der Waals surface area (Å²) in [5, 5.41) is 15.5. The van der Waals surface area contributed by atoms with Crippen molar-refractivity contribution in [2.45, 2.75) is 12.6 Å². The molecule has 2 aromatic carbocycles. The quantitative estimate of drug-likeness (QED) is 0.593. The van der Waals surface area contributed by atoms with Gasteiger partial charge in [-0.15, -0.1) is 0 Å². The van der Waals surface area contributed by atoms with E-state index in [1.165, 1.54) is 39.8 Å². The lowest BCUT2D eigenvalue weighted by Gasteiger charge is -2.25. The molecule has 126 valence electrons. The second kappa shape index (κ2) is 6.84. The number of nitrogens with zero attached hydrogens (tertiary/aromatic N) is 1. The van der Waals surface area contributed by atoms with E-state index in [0.29, 0.717) is 6.54 Å². The first-order valence-corrected chi connectivity index (χ1v) is 9.51. The zero-order chi connectivity index (χ0) is 16.5. The average Bonchev–Trinajstić information content (AvgIpc) is 2.89. The van der Waals surface area contributed by atoms with Crippen molar-refractivity contribution in [3.8, 4) is 0 Å². The zero-order valence-electron chi connectivity index (χ0n) is 13.7. The average molecular weight is 390 g/mol. The highest BCUT2D eigenvalue weighted by Crippen LogP contribution is 2.31. The highest BCUT2D eigenvalue weighted by Gasteiger charge is 2.21. The van der Waals surface area contributed by atoms with Crippen LogP contribution in [0.5, 0.6) is 0 Å². The summed E-state index contributed by atoms with van der Waals surface area (Å²) in [7, 11) is 0. The van der Waals surface area contributed by atoms with Crippen LogP contribution in [0.1, 0.15) is 0 Å². The maximum absolute atomic E-state index is 10.7. The minimum absolute atomic E-state index is 0.319. The van der Waals surface area contributed by atoms with Gasteiger partial charge in [-0.3, -0.25) is 0 Å². The topological polar surface area (TPSA) is 46.2 Å². The lowest BCUT2D eigenvalue weighted by atomic mass is 10.2. The van der Waals surface area contributed by atoms with E-state index in [9.17, 15) is 5.11 Å². The van der Waals surface area contributed by atoms with Crippen molar-refractivity contribution in [1.29, 1.82) is 0 Å². The van der Waals surface area contributed by atoms with E-state index in [0.717, 1.165) is 24.1 Å². The molecule has 1 aliphatic heterocycles. The smallest absolute Gasteiger partial charge is 0.127 e. The molecule has 2 heterocycles. The fourth-order valence-corrected chi connectivity index (χ4v) is 4.28. The number of quaternary nitrogens is 2. The van der Waals surface area contributed by atoms with Gasteiger partial charge < -0.3 is 19.9 Å². The van der Waals surface area contributed by atoms with Crippen LogP contribution in [0, 0.1) is 0 Å². The first-order chi connectivity index (χ1) is 11.7. The zero-order valence-corrected chi connectivity index (χ0v) is 15.3. The van der Waals surface area contributed by atoms with Crippen LogP contribution in [0.3, 0.4) is 0 Å². The third-order valence-electron chi connectivity index (χ3n) is 5.06. The summed E-state index contributed by atoms with van der Waals surface area (Å²) in [6.45, 7) is 6.13. The molecular weight excluding hydrogens is 366 g/mol. The van der Waals surface area contributed by atoms with Crippen molar-refractivity contribution in [3.63, 3.8) is 0 Å². The van der Waals surface area contributed by atoms with Crippen LogP contribution < -0.4 is 10.2 Å². The Balaban J connectivity index is 1.67. The number of nitrogens with one attached hydrogen (secondary N) is 1. The highest BCUT2D eigenvalue weighted by molar-refractivity contribution is 9.10.